The summed E-state index contributed by atoms with van der Waals surface area (Å²) in [6.07, 6.45) is 2.10. The van der Waals surface area contributed by atoms with E-state index >= 15 is 0 Å². The van der Waals surface area contributed by atoms with Gasteiger partial charge < -0.3 is 10.6 Å². The van der Waals surface area contributed by atoms with Gasteiger partial charge in [0.2, 0.25) is 5.91 Å². The van der Waals surface area contributed by atoms with Gasteiger partial charge in [0, 0.05) is 13.1 Å². The zero-order chi connectivity index (χ0) is 13.6. The molecule has 104 valence electrons. The summed E-state index contributed by atoms with van der Waals surface area (Å²) >= 11 is 0. The SMILES string of the molecule is CC1(C(=O)NCC2C(C)(C)C2(C)C)CCCNC1. The van der Waals surface area contributed by atoms with Crippen molar-refractivity contribution in [3.05, 3.63) is 0 Å². The van der Waals surface area contributed by atoms with Gasteiger partial charge in [0.25, 0.3) is 0 Å². The third-order valence-corrected chi connectivity index (χ3v) is 5.93. The molecule has 1 aliphatic heterocycles. The maximum Gasteiger partial charge on any atom is 0.227 e. The standard InChI is InChI=1S/C15H28N2O/c1-13(2)11(14(13,3)4)9-17-12(18)15(5)7-6-8-16-10-15/h11,16H,6-10H2,1-5H3,(H,17,18). The van der Waals surface area contributed by atoms with Crippen LogP contribution in [0.4, 0.5) is 0 Å². The fourth-order valence-corrected chi connectivity index (χ4v) is 3.50. The third-order valence-electron chi connectivity index (χ3n) is 5.93. The van der Waals surface area contributed by atoms with E-state index in [9.17, 15) is 4.79 Å². The summed E-state index contributed by atoms with van der Waals surface area (Å²) in [6, 6.07) is 0. The second-order valence-electron chi connectivity index (χ2n) is 7.55. The smallest absolute Gasteiger partial charge is 0.227 e. The Balaban J connectivity index is 1.86. The summed E-state index contributed by atoms with van der Waals surface area (Å²) < 4.78 is 0. The van der Waals surface area contributed by atoms with E-state index in [4.69, 9.17) is 0 Å². The number of carbonyl (C=O) groups is 1. The van der Waals surface area contributed by atoms with Crippen LogP contribution in [0.2, 0.25) is 0 Å². The topological polar surface area (TPSA) is 41.1 Å². The number of rotatable bonds is 3. The Hall–Kier alpha value is -0.570. The van der Waals surface area contributed by atoms with E-state index in [1.54, 1.807) is 0 Å². The lowest BCUT2D eigenvalue weighted by Crippen LogP contribution is -2.49. The van der Waals surface area contributed by atoms with Gasteiger partial charge in [-0.05, 0) is 43.1 Å². The molecule has 2 rings (SSSR count). The number of amides is 1. The quantitative estimate of drug-likeness (QED) is 0.808. The zero-order valence-electron chi connectivity index (χ0n) is 12.5. The molecule has 18 heavy (non-hydrogen) atoms. The highest BCUT2D eigenvalue weighted by Gasteiger charge is 2.64. The van der Waals surface area contributed by atoms with Crippen molar-refractivity contribution in [3.63, 3.8) is 0 Å². The molecule has 1 aliphatic carbocycles. The van der Waals surface area contributed by atoms with Crippen LogP contribution in [0.1, 0.15) is 47.5 Å². The average Bonchev–Trinajstić information content (AvgIpc) is 2.67. The number of hydrogen-bond donors (Lipinski definition) is 2. The van der Waals surface area contributed by atoms with Crippen LogP contribution in [-0.2, 0) is 4.79 Å². The van der Waals surface area contributed by atoms with Crippen molar-refractivity contribution in [2.75, 3.05) is 19.6 Å². The van der Waals surface area contributed by atoms with Crippen molar-refractivity contribution < 1.29 is 4.79 Å². The monoisotopic (exact) mass is 252 g/mol. The van der Waals surface area contributed by atoms with Crippen LogP contribution in [0.15, 0.2) is 0 Å². The lowest BCUT2D eigenvalue weighted by Gasteiger charge is -2.32. The van der Waals surface area contributed by atoms with Crippen LogP contribution in [0.25, 0.3) is 0 Å². The van der Waals surface area contributed by atoms with Crippen LogP contribution in [0.5, 0.6) is 0 Å². The molecule has 2 fully saturated rings. The van der Waals surface area contributed by atoms with Crippen LogP contribution in [0, 0.1) is 22.2 Å². The molecule has 0 radical (unpaired) electrons. The number of nitrogens with one attached hydrogen (secondary N) is 2. The van der Waals surface area contributed by atoms with Crippen LogP contribution in [0.3, 0.4) is 0 Å². The first-order chi connectivity index (χ1) is 8.22. The van der Waals surface area contributed by atoms with Gasteiger partial charge in [0.1, 0.15) is 0 Å². The van der Waals surface area contributed by atoms with Gasteiger partial charge in [-0.3, -0.25) is 4.79 Å². The maximum absolute atomic E-state index is 12.3. The Morgan fingerprint density at radius 3 is 2.28 bits per heavy atom. The van der Waals surface area contributed by atoms with Gasteiger partial charge in [0.15, 0.2) is 0 Å². The molecule has 2 aliphatic rings. The number of piperidine rings is 1. The van der Waals surface area contributed by atoms with Gasteiger partial charge in [-0.15, -0.1) is 0 Å². The highest BCUT2D eigenvalue weighted by atomic mass is 16.2. The van der Waals surface area contributed by atoms with Crippen LogP contribution in [-0.4, -0.2) is 25.5 Å². The van der Waals surface area contributed by atoms with E-state index < -0.39 is 0 Å². The predicted molar refractivity (Wildman–Crippen MR) is 74.3 cm³/mol. The summed E-state index contributed by atoms with van der Waals surface area (Å²) in [6.45, 7) is 14.0. The largest absolute Gasteiger partial charge is 0.355 e. The summed E-state index contributed by atoms with van der Waals surface area (Å²) in [7, 11) is 0. The molecule has 0 aromatic heterocycles. The summed E-state index contributed by atoms with van der Waals surface area (Å²) in [5.74, 6) is 0.835. The molecule has 0 aromatic rings. The summed E-state index contributed by atoms with van der Waals surface area (Å²) in [5.41, 5.74) is 0.499. The minimum atomic E-state index is -0.207. The van der Waals surface area contributed by atoms with Crippen molar-refractivity contribution in [2.24, 2.45) is 22.2 Å². The lowest BCUT2D eigenvalue weighted by atomic mass is 9.82. The number of hydrogen-bond acceptors (Lipinski definition) is 2. The maximum atomic E-state index is 12.3. The van der Waals surface area contributed by atoms with Crippen molar-refractivity contribution >= 4 is 5.91 Å². The van der Waals surface area contributed by atoms with Crippen molar-refractivity contribution in [1.82, 2.24) is 10.6 Å². The van der Waals surface area contributed by atoms with Crippen molar-refractivity contribution in [2.45, 2.75) is 47.5 Å². The van der Waals surface area contributed by atoms with E-state index in [2.05, 4.69) is 45.3 Å². The molecule has 1 saturated heterocycles. The van der Waals surface area contributed by atoms with Crippen molar-refractivity contribution in [3.8, 4) is 0 Å². The molecule has 1 heterocycles. The predicted octanol–water partition coefficient (Wildman–Crippen LogP) is 2.17. The van der Waals surface area contributed by atoms with Gasteiger partial charge >= 0.3 is 0 Å². The molecule has 1 amide bonds. The first-order valence-corrected chi connectivity index (χ1v) is 7.21. The first kappa shape index (κ1) is 13.9. The molecule has 0 bridgehead atoms. The van der Waals surface area contributed by atoms with E-state index in [1.165, 1.54) is 0 Å². The van der Waals surface area contributed by atoms with E-state index in [0.717, 1.165) is 32.5 Å². The van der Waals surface area contributed by atoms with E-state index in [1.807, 2.05) is 0 Å². The Kier molecular flexibility index (Phi) is 3.25. The molecule has 0 spiro atoms. The molecule has 1 saturated carbocycles. The zero-order valence-corrected chi connectivity index (χ0v) is 12.5. The van der Waals surface area contributed by atoms with E-state index in [-0.39, 0.29) is 11.3 Å². The lowest BCUT2D eigenvalue weighted by molar-refractivity contribution is -0.131. The molecular formula is C15H28N2O. The molecule has 1 atom stereocenters. The summed E-state index contributed by atoms with van der Waals surface area (Å²) in [5, 5.41) is 6.52. The van der Waals surface area contributed by atoms with Gasteiger partial charge in [-0.1, -0.05) is 27.7 Å². The highest BCUT2D eigenvalue weighted by molar-refractivity contribution is 5.82. The normalized spacial score (nSPS) is 34.1. The Morgan fingerprint density at radius 1 is 1.22 bits per heavy atom. The Labute approximate surface area is 111 Å². The van der Waals surface area contributed by atoms with Gasteiger partial charge in [-0.25, -0.2) is 0 Å². The molecule has 2 N–H and O–H groups in total. The highest BCUT2D eigenvalue weighted by Crippen LogP contribution is 2.67. The number of carbonyl (C=O) groups excluding carboxylic acids is 1. The Bertz CT molecular complexity index is 326. The molecule has 1 unspecified atom stereocenters. The molecule has 0 aromatic carbocycles. The van der Waals surface area contributed by atoms with Crippen molar-refractivity contribution in [1.29, 1.82) is 0 Å². The fourth-order valence-electron chi connectivity index (χ4n) is 3.50. The molecule has 3 nitrogen and oxygen atoms in total. The Morgan fingerprint density at radius 2 is 1.83 bits per heavy atom. The second-order valence-corrected chi connectivity index (χ2v) is 7.55. The van der Waals surface area contributed by atoms with Gasteiger partial charge in [0.05, 0.1) is 5.41 Å². The first-order valence-electron chi connectivity index (χ1n) is 7.21. The van der Waals surface area contributed by atoms with Crippen LogP contribution < -0.4 is 10.6 Å². The van der Waals surface area contributed by atoms with Crippen LogP contribution >= 0.6 is 0 Å². The molecule has 3 heteroatoms. The van der Waals surface area contributed by atoms with E-state index in [0.29, 0.717) is 16.7 Å². The second kappa shape index (κ2) is 4.22. The van der Waals surface area contributed by atoms with Gasteiger partial charge in [-0.2, -0.15) is 0 Å². The third kappa shape index (κ3) is 2.07. The fraction of sp³-hybridized carbons (Fsp3) is 0.933. The minimum Gasteiger partial charge on any atom is -0.355 e. The molecular weight excluding hydrogens is 224 g/mol. The minimum absolute atomic E-state index is 0.207. The summed E-state index contributed by atoms with van der Waals surface area (Å²) in [4.78, 5) is 12.3. The average molecular weight is 252 g/mol.